The van der Waals surface area contributed by atoms with Crippen LogP contribution in [0.3, 0.4) is 0 Å². The van der Waals surface area contributed by atoms with E-state index < -0.39 is 45.5 Å². The van der Waals surface area contributed by atoms with Crippen LogP contribution in [0.5, 0.6) is 0 Å². The molecule has 0 bridgehead atoms. The van der Waals surface area contributed by atoms with Gasteiger partial charge in [-0.3, -0.25) is 4.79 Å². The van der Waals surface area contributed by atoms with Crippen LogP contribution in [-0.2, 0) is 20.4 Å². The second-order valence-corrected chi connectivity index (χ2v) is 13.4. The third-order valence-electron chi connectivity index (χ3n) is 6.18. The molecule has 1 aromatic carbocycles. The van der Waals surface area contributed by atoms with E-state index in [1.165, 1.54) is 0 Å². The molecule has 0 heterocycles. The zero-order valence-electron chi connectivity index (χ0n) is 21.8. The van der Waals surface area contributed by atoms with Crippen molar-refractivity contribution in [2.45, 2.75) is 104 Å². The lowest BCUT2D eigenvalue weighted by atomic mass is 9.91. The van der Waals surface area contributed by atoms with Gasteiger partial charge in [0.2, 0.25) is 0 Å². The summed E-state index contributed by atoms with van der Waals surface area (Å²) in [5.74, 6) is -0.886. The van der Waals surface area contributed by atoms with Crippen LogP contribution >= 0.6 is 0 Å². The molecule has 0 spiro atoms. The predicted octanol–water partition coefficient (Wildman–Crippen LogP) is 5.34. The first-order valence-electron chi connectivity index (χ1n) is 12.1. The summed E-state index contributed by atoms with van der Waals surface area (Å²) in [7, 11) is -1.02. The minimum Gasteiger partial charge on any atom is -0.481 e. The summed E-state index contributed by atoms with van der Waals surface area (Å²) in [6.45, 7) is 16.2. The lowest BCUT2D eigenvalue weighted by Gasteiger charge is -2.35. The number of hydrogen-bond acceptors (Lipinski definition) is 4. The van der Waals surface area contributed by atoms with Crippen LogP contribution < -0.4 is 5.32 Å². The molecule has 0 aliphatic rings. The molecule has 33 heavy (non-hydrogen) atoms. The zero-order chi connectivity index (χ0) is 25.2. The molecule has 0 aliphatic heterocycles. The van der Waals surface area contributed by atoms with Gasteiger partial charge in [0.15, 0.2) is 9.76 Å². The minimum absolute atomic E-state index is 0.0466. The van der Waals surface area contributed by atoms with Gasteiger partial charge in [-0.05, 0) is 56.6 Å². The number of carbonyl (C=O) groups is 2. The zero-order valence-corrected chi connectivity index (χ0v) is 23.2. The largest absolute Gasteiger partial charge is 0.481 e. The first-order valence-corrected chi connectivity index (χ1v) is 13.4. The number of nitrogens with one attached hydrogen (secondary N) is 1. The van der Waals surface area contributed by atoms with Crippen LogP contribution in [-0.4, -0.2) is 44.7 Å². The van der Waals surface area contributed by atoms with Crippen molar-refractivity contribution in [1.29, 1.82) is 0 Å². The van der Waals surface area contributed by atoms with E-state index in [2.05, 4.69) is 33.0 Å². The SMILES string of the molecule is CCC[C@H](C[C@H](O[SiH2]C(C)(C)C(C)C)[C@H](Cc1ccccc1)NC(=O)OC(C)(C)C)C(=O)O. The lowest BCUT2D eigenvalue weighted by molar-refractivity contribution is -0.143. The van der Waals surface area contributed by atoms with Gasteiger partial charge in [-0.15, -0.1) is 0 Å². The summed E-state index contributed by atoms with van der Waals surface area (Å²) in [6, 6.07) is 9.51. The van der Waals surface area contributed by atoms with Crippen LogP contribution in [0.25, 0.3) is 0 Å². The first kappa shape index (κ1) is 29.2. The van der Waals surface area contributed by atoms with Crippen molar-refractivity contribution in [3.8, 4) is 0 Å². The van der Waals surface area contributed by atoms with Gasteiger partial charge in [0.05, 0.1) is 18.1 Å². The number of ether oxygens (including phenoxy) is 1. The van der Waals surface area contributed by atoms with Gasteiger partial charge in [-0.2, -0.15) is 0 Å². The van der Waals surface area contributed by atoms with E-state index in [9.17, 15) is 14.7 Å². The molecule has 0 unspecified atom stereocenters. The molecule has 3 atom stereocenters. The van der Waals surface area contributed by atoms with Crippen molar-refractivity contribution in [1.82, 2.24) is 5.32 Å². The number of amides is 1. The van der Waals surface area contributed by atoms with Crippen LogP contribution in [0.1, 0.15) is 80.2 Å². The molecule has 6 nitrogen and oxygen atoms in total. The summed E-state index contributed by atoms with van der Waals surface area (Å²) >= 11 is 0. The van der Waals surface area contributed by atoms with Gasteiger partial charge in [0.1, 0.15) is 5.60 Å². The third-order valence-corrected chi connectivity index (χ3v) is 8.34. The molecular weight excluding hydrogens is 434 g/mol. The van der Waals surface area contributed by atoms with E-state index in [-0.39, 0.29) is 5.04 Å². The van der Waals surface area contributed by atoms with Crippen LogP contribution in [0.4, 0.5) is 4.79 Å². The Labute approximate surface area is 202 Å². The van der Waals surface area contributed by atoms with Crippen molar-refractivity contribution in [2.75, 3.05) is 0 Å². The van der Waals surface area contributed by atoms with Crippen molar-refractivity contribution in [3.63, 3.8) is 0 Å². The Hall–Kier alpha value is -1.86. The molecule has 0 saturated heterocycles. The fraction of sp³-hybridized carbons (Fsp3) is 0.692. The Morgan fingerprint density at radius 1 is 1.09 bits per heavy atom. The maximum atomic E-state index is 12.7. The number of rotatable bonds is 13. The maximum absolute atomic E-state index is 12.7. The summed E-state index contributed by atoms with van der Waals surface area (Å²) in [5, 5.41) is 12.9. The number of carboxylic acids is 1. The maximum Gasteiger partial charge on any atom is 0.407 e. The molecule has 2 N–H and O–H groups in total. The molecule has 0 fully saturated rings. The highest BCUT2D eigenvalue weighted by atomic mass is 28.2. The average molecular weight is 480 g/mol. The standard InChI is InChI=1S/C26H45NO5Si/c1-9-13-20(23(28)29)17-22(32-33-26(7,8)18(2)3)21(16-19-14-11-10-12-15-19)27-24(30)31-25(4,5)6/h10-12,14-15,18,20-22H,9,13,16-17,33H2,1-8H3,(H,27,30)(H,28,29)/t20-,21+,22+/m1/s1. The van der Waals surface area contributed by atoms with Crippen LogP contribution in [0.2, 0.25) is 5.04 Å². The predicted molar refractivity (Wildman–Crippen MR) is 136 cm³/mol. The van der Waals surface area contributed by atoms with Crippen molar-refractivity contribution in [3.05, 3.63) is 35.9 Å². The second kappa shape index (κ2) is 13.1. The number of hydrogen-bond donors (Lipinski definition) is 2. The Morgan fingerprint density at radius 3 is 2.18 bits per heavy atom. The van der Waals surface area contributed by atoms with Crippen molar-refractivity contribution >= 4 is 21.8 Å². The number of benzene rings is 1. The molecule has 0 saturated carbocycles. The fourth-order valence-electron chi connectivity index (χ4n) is 3.41. The lowest BCUT2D eigenvalue weighted by Crippen LogP contribution is -2.49. The Morgan fingerprint density at radius 2 is 1.70 bits per heavy atom. The molecule has 7 heteroatoms. The van der Waals surface area contributed by atoms with Gasteiger partial charge >= 0.3 is 12.1 Å². The highest BCUT2D eigenvalue weighted by Crippen LogP contribution is 2.34. The van der Waals surface area contributed by atoms with Crippen molar-refractivity contribution < 1.29 is 23.9 Å². The highest BCUT2D eigenvalue weighted by molar-refractivity contribution is 6.32. The Bertz CT molecular complexity index is 730. The van der Waals surface area contributed by atoms with Gasteiger partial charge in [-0.25, -0.2) is 4.79 Å². The smallest absolute Gasteiger partial charge is 0.407 e. The van der Waals surface area contributed by atoms with Gasteiger partial charge < -0.3 is 19.6 Å². The molecule has 1 aromatic rings. The Balaban J connectivity index is 3.25. The summed E-state index contributed by atoms with van der Waals surface area (Å²) < 4.78 is 12.1. The minimum atomic E-state index is -1.02. The summed E-state index contributed by atoms with van der Waals surface area (Å²) in [6.07, 6.45) is 1.34. The normalized spacial score (nSPS) is 15.4. The quantitative estimate of drug-likeness (QED) is 0.373. The second-order valence-electron chi connectivity index (χ2n) is 11.0. The monoisotopic (exact) mass is 479 g/mol. The first-order chi connectivity index (χ1) is 15.2. The molecular formula is C26H45NO5Si. The van der Waals surface area contributed by atoms with E-state index in [1.807, 2.05) is 58.0 Å². The molecule has 1 amide bonds. The van der Waals surface area contributed by atoms with E-state index in [0.29, 0.717) is 25.2 Å². The van der Waals surface area contributed by atoms with Crippen LogP contribution in [0.15, 0.2) is 30.3 Å². The van der Waals surface area contributed by atoms with E-state index in [1.54, 1.807) is 0 Å². The number of aliphatic carboxylic acids is 1. The number of carboxylic acid groups (broad SMARTS) is 1. The summed E-state index contributed by atoms with van der Waals surface area (Å²) in [5.41, 5.74) is 0.428. The van der Waals surface area contributed by atoms with Gasteiger partial charge in [0, 0.05) is 0 Å². The average Bonchev–Trinajstić information content (AvgIpc) is 2.69. The van der Waals surface area contributed by atoms with E-state index in [0.717, 1.165) is 12.0 Å². The molecule has 0 aliphatic carbocycles. The Kier molecular flexibility index (Phi) is 11.6. The van der Waals surface area contributed by atoms with Crippen molar-refractivity contribution in [2.24, 2.45) is 11.8 Å². The molecule has 0 aromatic heterocycles. The third kappa shape index (κ3) is 11.2. The van der Waals surface area contributed by atoms with Crippen LogP contribution in [0, 0.1) is 11.8 Å². The van der Waals surface area contributed by atoms with Gasteiger partial charge in [0.25, 0.3) is 0 Å². The van der Waals surface area contributed by atoms with E-state index in [4.69, 9.17) is 9.16 Å². The van der Waals surface area contributed by atoms with Gasteiger partial charge in [-0.1, -0.05) is 71.4 Å². The molecule has 188 valence electrons. The fourth-order valence-corrected chi connectivity index (χ4v) is 4.76. The topological polar surface area (TPSA) is 84.9 Å². The molecule has 1 rings (SSSR count). The number of carbonyl (C=O) groups excluding carboxylic acids is 1. The highest BCUT2D eigenvalue weighted by Gasteiger charge is 2.33. The molecule has 0 radical (unpaired) electrons. The number of alkyl carbamates (subject to hydrolysis) is 1. The summed E-state index contributed by atoms with van der Waals surface area (Å²) in [4.78, 5) is 24.7. The van der Waals surface area contributed by atoms with E-state index >= 15 is 0 Å².